The smallest absolute Gasteiger partial charge is 0.550 e. The second-order valence-electron chi connectivity index (χ2n) is 3.74. The van der Waals surface area contributed by atoms with Crippen molar-refractivity contribution < 1.29 is 44.0 Å². The molecule has 5 nitrogen and oxygen atoms in total. The average Bonchev–Trinajstić information content (AvgIpc) is 2.78. The van der Waals surface area contributed by atoms with Gasteiger partial charge >= 0.3 is 29.6 Å². The van der Waals surface area contributed by atoms with Gasteiger partial charge in [0.05, 0.1) is 0 Å². The topological polar surface area (TPSA) is 79.0 Å². The minimum atomic E-state index is -1.06. The molecule has 2 rings (SSSR count). The Labute approximate surface area is 146 Å². The molecule has 0 aliphatic rings. The van der Waals surface area contributed by atoms with Crippen LogP contribution in [0.5, 0.6) is 0 Å². The number of hydrogen-bond donors (Lipinski definition) is 0. The van der Waals surface area contributed by atoms with Gasteiger partial charge in [-0.15, -0.1) is 0 Å². The van der Waals surface area contributed by atoms with Crippen LogP contribution >= 0.6 is 22.6 Å². The molecule has 94 valence electrons. The molecule has 0 saturated carbocycles. The molecule has 1 aromatic carbocycles. The largest absolute Gasteiger partial charge is 1.00 e. The van der Waals surface area contributed by atoms with Gasteiger partial charge in [-0.05, 0) is 47.6 Å². The summed E-state index contributed by atoms with van der Waals surface area (Å²) in [5.41, 5.74) is 0.880. The monoisotopic (exact) mass is 380 g/mol. The van der Waals surface area contributed by atoms with Gasteiger partial charge in [-0.3, -0.25) is 0 Å². The number of aliphatic carboxylic acids is 1. The van der Waals surface area contributed by atoms with Crippen molar-refractivity contribution in [2.45, 2.75) is 19.3 Å². The number of hydrogen-bond acceptors (Lipinski definition) is 5. The summed E-state index contributed by atoms with van der Waals surface area (Å²) in [4.78, 5) is 14.5. The van der Waals surface area contributed by atoms with Crippen LogP contribution in [0.25, 0.3) is 11.4 Å². The molecule has 0 saturated heterocycles. The molecule has 0 amide bonds. The predicted octanol–water partition coefficient (Wildman–Crippen LogP) is -1.58. The molecule has 0 spiro atoms. The number of halogens is 1. The van der Waals surface area contributed by atoms with Crippen molar-refractivity contribution in [2.75, 3.05) is 0 Å². The number of carboxylic acid groups (broad SMARTS) is 1. The fourth-order valence-corrected chi connectivity index (χ4v) is 1.82. The van der Waals surface area contributed by atoms with Gasteiger partial charge < -0.3 is 14.4 Å². The molecule has 0 bridgehead atoms. The number of aromatic nitrogens is 2. The summed E-state index contributed by atoms with van der Waals surface area (Å²) in [5.74, 6) is -0.0907. The summed E-state index contributed by atoms with van der Waals surface area (Å²) in [6.45, 7) is 0. The van der Waals surface area contributed by atoms with Crippen LogP contribution < -0.4 is 34.7 Å². The van der Waals surface area contributed by atoms with E-state index in [1.807, 2.05) is 24.3 Å². The van der Waals surface area contributed by atoms with Gasteiger partial charge in [0.25, 0.3) is 0 Å². The Morgan fingerprint density at radius 3 is 2.63 bits per heavy atom. The third-order valence-electron chi connectivity index (χ3n) is 2.34. The van der Waals surface area contributed by atoms with Gasteiger partial charge in [0.15, 0.2) is 0 Å². The first-order chi connectivity index (χ1) is 8.65. The maximum atomic E-state index is 10.3. The van der Waals surface area contributed by atoms with Crippen LogP contribution in [0.2, 0.25) is 0 Å². The van der Waals surface area contributed by atoms with E-state index in [-0.39, 0.29) is 36.0 Å². The number of carboxylic acids is 1. The minimum absolute atomic E-state index is 0. The van der Waals surface area contributed by atoms with Crippen molar-refractivity contribution in [3.8, 4) is 11.4 Å². The normalized spacial score (nSPS) is 9.95. The molecule has 0 N–H and O–H groups in total. The van der Waals surface area contributed by atoms with Gasteiger partial charge in [0.2, 0.25) is 11.7 Å². The fourth-order valence-electron chi connectivity index (χ4n) is 1.46. The summed E-state index contributed by atoms with van der Waals surface area (Å²) in [6.07, 6.45) is 0.892. The molecule has 0 aliphatic carbocycles. The van der Waals surface area contributed by atoms with Crippen LogP contribution in [-0.2, 0) is 11.2 Å². The van der Waals surface area contributed by atoms with E-state index in [9.17, 15) is 9.90 Å². The Bertz CT molecular complexity index is 542. The molecule has 0 atom stereocenters. The zero-order chi connectivity index (χ0) is 13.0. The molecule has 7 heteroatoms. The first-order valence-electron chi connectivity index (χ1n) is 5.43. The van der Waals surface area contributed by atoms with Gasteiger partial charge in [-0.25, -0.2) is 0 Å². The first kappa shape index (κ1) is 16.6. The minimum Gasteiger partial charge on any atom is -0.550 e. The van der Waals surface area contributed by atoms with E-state index in [2.05, 4.69) is 32.7 Å². The standard InChI is InChI=1S/C12H11IN2O3.Na/c13-9-6-4-8(5-7-9)12-14-10(18-15-12)2-1-3-11(16)17;/h4-7H,1-3H2,(H,16,17);/q;+1/p-1. The molecule has 0 fully saturated rings. The Morgan fingerprint density at radius 1 is 1.32 bits per heavy atom. The molecule has 1 aromatic heterocycles. The van der Waals surface area contributed by atoms with E-state index in [1.165, 1.54) is 0 Å². The Hall–Kier alpha value is -0.440. The van der Waals surface area contributed by atoms with Gasteiger partial charge in [0, 0.05) is 21.5 Å². The Kier molecular flexibility index (Phi) is 6.98. The Morgan fingerprint density at radius 2 is 2.00 bits per heavy atom. The van der Waals surface area contributed by atoms with E-state index in [0.717, 1.165) is 9.13 Å². The van der Waals surface area contributed by atoms with E-state index < -0.39 is 5.97 Å². The van der Waals surface area contributed by atoms with Crippen LogP contribution in [0.15, 0.2) is 28.8 Å². The third kappa shape index (κ3) is 5.21. The van der Waals surface area contributed by atoms with Crippen molar-refractivity contribution in [3.05, 3.63) is 33.7 Å². The van der Waals surface area contributed by atoms with Crippen LogP contribution in [0.1, 0.15) is 18.7 Å². The molecule has 0 unspecified atom stereocenters. The van der Waals surface area contributed by atoms with E-state index in [4.69, 9.17) is 4.52 Å². The van der Waals surface area contributed by atoms with Crippen molar-refractivity contribution >= 4 is 28.6 Å². The summed E-state index contributed by atoms with van der Waals surface area (Å²) >= 11 is 2.22. The third-order valence-corrected chi connectivity index (χ3v) is 3.06. The van der Waals surface area contributed by atoms with Crippen molar-refractivity contribution in [1.29, 1.82) is 0 Å². The second-order valence-corrected chi connectivity index (χ2v) is 4.99. The first-order valence-corrected chi connectivity index (χ1v) is 6.51. The zero-order valence-electron chi connectivity index (χ0n) is 10.4. The van der Waals surface area contributed by atoms with Crippen molar-refractivity contribution in [1.82, 2.24) is 10.1 Å². The summed E-state index contributed by atoms with van der Waals surface area (Å²) in [7, 11) is 0. The van der Waals surface area contributed by atoms with E-state index in [1.54, 1.807) is 0 Å². The Balaban J connectivity index is 0.00000180. The van der Waals surface area contributed by atoms with Crippen molar-refractivity contribution in [2.24, 2.45) is 0 Å². The zero-order valence-corrected chi connectivity index (χ0v) is 14.6. The van der Waals surface area contributed by atoms with Crippen LogP contribution in [0.3, 0.4) is 0 Å². The van der Waals surface area contributed by atoms with Gasteiger partial charge in [0.1, 0.15) is 0 Å². The molecular weight excluding hydrogens is 370 g/mol. The second kappa shape index (κ2) is 7.98. The van der Waals surface area contributed by atoms with Crippen molar-refractivity contribution in [3.63, 3.8) is 0 Å². The number of aryl methyl sites for hydroxylation is 1. The van der Waals surface area contributed by atoms with Crippen LogP contribution in [0, 0.1) is 3.57 Å². The van der Waals surface area contributed by atoms with Crippen LogP contribution in [-0.4, -0.2) is 16.1 Å². The van der Waals surface area contributed by atoms with Gasteiger partial charge in [-0.2, -0.15) is 4.98 Å². The number of benzene rings is 1. The SMILES string of the molecule is O=C([O-])CCCc1nc(-c2ccc(I)cc2)no1.[Na+]. The fraction of sp³-hybridized carbons (Fsp3) is 0.250. The molecule has 0 radical (unpaired) electrons. The number of carbonyl (C=O) groups is 1. The van der Waals surface area contributed by atoms with Gasteiger partial charge in [-0.1, -0.05) is 17.3 Å². The number of carbonyl (C=O) groups excluding carboxylic acids is 1. The summed E-state index contributed by atoms with van der Waals surface area (Å²) < 4.78 is 6.19. The maximum absolute atomic E-state index is 10.3. The molecule has 0 aliphatic heterocycles. The summed E-state index contributed by atoms with van der Waals surface area (Å²) in [5, 5.41) is 14.1. The quantitative estimate of drug-likeness (QED) is 0.462. The number of nitrogens with zero attached hydrogens (tertiary/aromatic N) is 2. The van der Waals surface area contributed by atoms with Crippen LogP contribution in [0.4, 0.5) is 0 Å². The van der Waals surface area contributed by atoms with E-state index >= 15 is 0 Å². The molecule has 1 heterocycles. The predicted molar refractivity (Wildman–Crippen MR) is 70.4 cm³/mol. The van der Waals surface area contributed by atoms with E-state index in [0.29, 0.717) is 24.6 Å². The molecule has 2 aromatic rings. The number of rotatable bonds is 5. The maximum Gasteiger partial charge on any atom is 1.00 e. The summed E-state index contributed by atoms with van der Waals surface area (Å²) in [6, 6.07) is 7.75. The molecular formula is C12H10IN2NaO3. The average molecular weight is 380 g/mol. The molecule has 19 heavy (non-hydrogen) atoms.